The fraction of sp³-hybridized carbons (Fsp3) is 0.290. The van der Waals surface area contributed by atoms with Gasteiger partial charge in [0.25, 0.3) is 5.91 Å². The van der Waals surface area contributed by atoms with E-state index in [1.54, 1.807) is 34.9 Å². The molecule has 4 aromatic rings. The van der Waals surface area contributed by atoms with Crippen LogP contribution in [0.15, 0.2) is 72.8 Å². The summed E-state index contributed by atoms with van der Waals surface area (Å²) in [7, 11) is 0. The molecule has 38 heavy (non-hydrogen) atoms. The topological polar surface area (TPSA) is 63.1 Å². The molecule has 3 aromatic carbocycles. The van der Waals surface area contributed by atoms with Crippen LogP contribution in [0.3, 0.4) is 0 Å². The first-order chi connectivity index (χ1) is 18.4. The van der Waals surface area contributed by atoms with Crippen LogP contribution in [0, 0.1) is 29.4 Å². The summed E-state index contributed by atoms with van der Waals surface area (Å²) in [5.74, 6) is 0.169. The van der Waals surface area contributed by atoms with Crippen LogP contribution in [0.1, 0.15) is 48.2 Å². The van der Waals surface area contributed by atoms with E-state index in [2.05, 4.69) is 10.6 Å². The third-order valence-electron chi connectivity index (χ3n) is 8.16. The molecular formula is C31H29F2N3O2. The molecule has 2 saturated carbocycles. The molecule has 0 saturated heterocycles. The van der Waals surface area contributed by atoms with Crippen LogP contribution in [0.25, 0.3) is 10.9 Å². The number of nitrogens with one attached hydrogen (secondary N) is 2. The van der Waals surface area contributed by atoms with Crippen LogP contribution < -0.4 is 10.6 Å². The first-order valence-corrected chi connectivity index (χ1v) is 13.2. The molecule has 2 fully saturated rings. The van der Waals surface area contributed by atoms with Gasteiger partial charge in [-0.2, -0.15) is 0 Å². The molecule has 2 amide bonds. The molecular weight excluding hydrogens is 484 g/mol. The SMILES string of the molecule is O=C(CC1CC2CCC1C2)Nc1ccc2c(c1)cc(C(=O)Nc1ccccc1)n2Cc1c(F)cccc1F. The Bertz CT molecular complexity index is 1490. The number of halogens is 2. The second kappa shape index (κ2) is 10.0. The van der Waals surface area contributed by atoms with Crippen molar-refractivity contribution in [2.45, 2.75) is 38.6 Å². The highest BCUT2D eigenvalue weighted by Gasteiger charge is 2.40. The quantitative estimate of drug-likeness (QED) is 0.280. The van der Waals surface area contributed by atoms with E-state index in [1.165, 1.54) is 37.5 Å². The van der Waals surface area contributed by atoms with Crippen LogP contribution in [0.5, 0.6) is 0 Å². The number of carbonyl (C=O) groups excluding carboxylic acids is 2. The largest absolute Gasteiger partial charge is 0.332 e. The number of carbonyl (C=O) groups is 2. The lowest BCUT2D eigenvalue weighted by Gasteiger charge is -2.20. The number of anilines is 2. The van der Waals surface area contributed by atoms with Crippen LogP contribution in [-0.2, 0) is 11.3 Å². The second-order valence-corrected chi connectivity index (χ2v) is 10.6. The van der Waals surface area contributed by atoms with Gasteiger partial charge in [-0.25, -0.2) is 8.78 Å². The first-order valence-electron chi connectivity index (χ1n) is 13.2. The van der Waals surface area contributed by atoms with Crippen LogP contribution in [0.2, 0.25) is 0 Å². The summed E-state index contributed by atoms with van der Waals surface area (Å²) in [6, 6.07) is 19.8. The Morgan fingerprint density at radius 1 is 0.842 bits per heavy atom. The summed E-state index contributed by atoms with van der Waals surface area (Å²) in [5.41, 5.74) is 2.02. The van der Waals surface area contributed by atoms with E-state index in [0.717, 1.165) is 12.3 Å². The van der Waals surface area contributed by atoms with Gasteiger partial charge in [-0.15, -0.1) is 0 Å². The van der Waals surface area contributed by atoms with Crippen molar-refractivity contribution in [3.05, 3.63) is 95.7 Å². The lowest BCUT2D eigenvalue weighted by Crippen LogP contribution is -2.20. The van der Waals surface area contributed by atoms with Crippen molar-refractivity contribution >= 4 is 34.1 Å². The maximum atomic E-state index is 14.6. The summed E-state index contributed by atoms with van der Waals surface area (Å²) in [6.07, 6.45) is 5.46. The highest BCUT2D eigenvalue weighted by molar-refractivity contribution is 6.07. The highest BCUT2D eigenvalue weighted by Crippen LogP contribution is 2.49. The molecule has 6 rings (SSSR count). The maximum Gasteiger partial charge on any atom is 0.272 e. The molecule has 2 bridgehead atoms. The standard InChI is InChI=1S/C31H29F2N3O2/c32-26-7-4-8-27(33)25(26)18-36-28-12-11-24(34-30(37)17-21-14-19-9-10-20(21)13-19)15-22(28)16-29(36)31(38)35-23-5-2-1-3-6-23/h1-8,11-12,15-16,19-21H,9-10,13-14,17-18H2,(H,34,37)(H,35,38). The Hall–Kier alpha value is -4.00. The third-order valence-corrected chi connectivity index (χ3v) is 8.16. The van der Waals surface area contributed by atoms with Gasteiger partial charge in [0.2, 0.25) is 5.91 Å². The smallest absolute Gasteiger partial charge is 0.272 e. The number of hydrogen-bond acceptors (Lipinski definition) is 2. The fourth-order valence-corrected chi connectivity index (χ4v) is 6.34. The van der Waals surface area contributed by atoms with Crippen molar-refractivity contribution in [2.75, 3.05) is 10.6 Å². The number of benzene rings is 3. The second-order valence-electron chi connectivity index (χ2n) is 10.6. The Balaban J connectivity index is 1.30. The Kier molecular flexibility index (Phi) is 6.44. The average Bonchev–Trinajstić information content (AvgIpc) is 3.61. The molecule has 194 valence electrons. The zero-order chi connectivity index (χ0) is 26.2. The summed E-state index contributed by atoms with van der Waals surface area (Å²) >= 11 is 0. The molecule has 2 aliphatic carbocycles. The fourth-order valence-electron chi connectivity index (χ4n) is 6.34. The molecule has 1 heterocycles. The van der Waals surface area contributed by atoms with Crippen molar-refractivity contribution in [2.24, 2.45) is 17.8 Å². The van der Waals surface area contributed by atoms with Crippen LogP contribution >= 0.6 is 0 Å². The van der Waals surface area contributed by atoms with Crippen LogP contribution in [-0.4, -0.2) is 16.4 Å². The number of hydrogen-bond donors (Lipinski definition) is 2. The van der Waals surface area contributed by atoms with Gasteiger partial charge in [0.15, 0.2) is 0 Å². The van der Waals surface area contributed by atoms with E-state index in [9.17, 15) is 18.4 Å². The monoisotopic (exact) mass is 513 g/mol. The maximum absolute atomic E-state index is 14.6. The molecule has 7 heteroatoms. The molecule has 2 N–H and O–H groups in total. The van der Waals surface area contributed by atoms with E-state index < -0.39 is 17.5 Å². The van der Waals surface area contributed by atoms with Gasteiger partial charge in [0.05, 0.1) is 6.54 Å². The van der Waals surface area contributed by atoms with Gasteiger partial charge in [0, 0.05) is 34.3 Å². The Morgan fingerprint density at radius 3 is 2.34 bits per heavy atom. The summed E-state index contributed by atoms with van der Waals surface area (Å²) in [5, 5.41) is 6.57. The predicted molar refractivity (Wildman–Crippen MR) is 144 cm³/mol. The van der Waals surface area contributed by atoms with Gasteiger partial charge in [0.1, 0.15) is 17.3 Å². The minimum Gasteiger partial charge on any atom is -0.332 e. The van der Waals surface area contributed by atoms with Gasteiger partial charge >= 0.3 is 0 Å². The lowest BCUT2D eigenvalue weighted by atomic mass is 9.86. The van der Waals surface area contributed by atoms with Crippen molar-refractivity contribution in [1.29, 1.82) is 0 Å². The number of fused-ring (bicyclic) bond motifs is 3. The van der Waals surface area contributed by atoms with Gasteiger partial charge < -0.3 is 15.2 Å². The molecule has 3 unspecified atom stereocenters. The van der Waals surface area contributed by atoms with Crippen molar-refractivity contribution < 1.29 is 18.4 Å². The van der Waals surface area contributed by atoms with E-state index >= 15 is 0 Å². The number of nitrogens with zero attached hydrogens (tertiary/aromatic N) is 1. The van der Waals surface area contributed by atoms with Gasteiger partial charge in [-0.1, -0.05) is 30.7 Å². The molecule has 1 aromatic heterocycles. The number of amides is 2. The third kappa shape index (κ3) is 4.80. The first kappa shape index (κ1) is 24.3. The summed E-state index contributed by atoms with van der Waals surface area (Å²) < 4.78 is 30.7. The van der Waals surface area contributed by atoms with Crippen molar-refractivity contribution in [1.82, 2.24) is 4.57 Å². The summed E-state index contributed by atoms with van der Waals surface area (Å²) in [4.78, 5) is 26.1. The van der Waals surface area contributed by atoms with E-state index in [1.807, 2.05) is 24.3 Å². The van der Waals surface area contributed by atoms with Crippen LogP contribution in [0.4, 0.5) is 20.2 Å². The van der Waals surface area contributed by atoms with E-state index in [-0.39, 0.29) is 23.7 Å². The predicted octanol–water partition coefficient (Wildman–Crippen LogP) is 6.98. The van der Waals surface area contributed by atoms with Crippen molar-refractivity contribution in [3.8, 4) is 0 Å². The van der Waals surface area contributed by atoms with Gasteiger partial charge in [-0.3, -0.25) is 9.59 Å². The Morgan fingerprint density at radius 2 is 1.63 bits per heavy atom. The lowest BCUT2D eigenvalue weighted by molar-refractivity contribution is -0.117. The molecule has 0 spiro atoms. The van der Waals surface area contributed by atoms with E-state index in [4.69, 9.17) is 0 Å². The molecule has 2 aliphatic rings. The zero-order valence-corrected chi connectivity index (χ0v) is 20.9. The highest BCUT2D eigenvalue weighted by atomic mass is 19.1. The molecule has 5 nitrogen and oxygen atoms in total. The molecule has 0 aliphatic heterocycles. The minimum atomic E-state index is -0.675. The number of para-hydroxylation sites is 1. The summed E-state index contributed by atoms with van der Waals surface area (Å²) in [6.45, 7) is -0.157. The Labute approximate surface area is 219 Å². The molecule has 3 atom stereocenters. The minimum absolute atomic E-state index is 0.00296. The number of rotatable bonds is 7. The molecule has 0 radical (unpaired) electrons. The van der Waals surface area contributed by atoms with Crippen molar-refractivity contribution in [3.63, 3.8) is 0 Å². The van der Waals surface area contributed by atoms with E-state index in [0.29, 0.717) is 40.5 Å². The van der Waals surface area contributed by atoms with Gasteiger partial charge in [-0.05, 0) is 85.5 Å². The average molecular weight is 514 g/mol. The normalized spacial score (nSPS) is 20.1. The number of aromatic nitrogens is 1. The zero-order valence-electron chi connectivity index (χ0n) is 20.9.